The van der Waals surface area contributed by atoms with Gasteiger partial charge in [-0.15, -0.1) is 0 Å². The lowest BCUT2D eigenvalue weighted by molar-refractivity contribution is -0.908. The molecule has 2 aliphatic heterocycles. The third kappa shape index (κ3) is 4.24. The topological polar surface area (TPSA) is 63.9 Å². The molecule has 2 aliphatic rings. The Labute approximate surface area is 163 Å². The number of hydrogen-bond acceptors (Lipinski definition) is 5. The van der Waals surface area contributed by atoms with E-state index in [1.165, 1.54) is 0 Å². The summed E-state index contributed by atoms with van der Waals surface area (Å²) in [4.78, 5) is 20.1. The van der Waals surface area contributed by atoms with E-state index in [-0.39, 0.29) is 5.56 Å². The molecule has 0 aliphatic carbocycles. The molecule has 1 aromatic carbocycles. The van der Waals surface area contributed by atoms with Crippen LogP contribution in [0.2, 0.25) is 0 Å². The van der Waals surface area contributed by atoms with Gasteiger partial charge in [0.25, 0.3) is 5.56 Å². The molecule has 0 unspecified atom stereocenters. The van der Waals surface area contributed by atoms with E-state index in [4.69, 9.17) is 21.7 Å². The number of aromatic amines is 1. The molecule has 4 rings (SSSR count). The Morgan fingerprint density at radius 1 is 1.11 bits per heavy atom. The van der Waals surface area contributed by atoms with Crippen molar-refractivity contribution in [1.29, 1.82) is 0 Å². The van der Waals surface area contributed by atoms with E-state index in [0.717, 1.165) is 76.8 Å². The highest BCUT2D eigenvalue weighted by Crippen LogP contribution is 2.20. The number of benzene rings is 1. The number of quaternary nitrogens is 1. The predicted octanol–water partition coefficient (Wildman–Crippen LogP) is 0.201. The number of nitrogens with zero attached hydrogens (tertiary/aromatic N) is 2. The molecular weight excluding hydrogens is 364 g/mol. The molecule has 2 N–H and O–H groups in total. The second kappa shape index (κ2) is 8.52. The third-order valence-electron chi connectivity index (χ3n) is 5.45. The molecule has 2 aromatic rings. The molecule has 8 heteroatoms. The Morgan fingerprint density at radius 3 is 2.63 bits per heavy atom. The summed E-state index contributed by atoms with van der Waals surface area (Å²) in [5.74, 6) is 0. The van der Waals surface area contributed by atoms with Crippen molar-refractivity contribution in [2.24, 2.45) is 0 Å². The molecule has 0 radical (unpaired) electrons. The van der Waals surface area contributed by atoms with Crippen LogP contribution in [0.15, 0.2) is 23.0 Å². The molecule has 27 heavy (non-hydrogen) atoms. The van der Waals surface area contributed by atoms with Crippen LogP contribution in [0.5, 0.6) is 0 Å². The van der Waals surface area contributed by atoms with Gasteiger partial charge in [0.1, 0.15) is 13.1 Å². The second-order valence-corrected chi connectivity index (χ2v) is 7.57. The molecule has 2 saturated heterocycles. The van der Waals surface area contributed by atoms with Gasteiger partial charge >= 0.3 is 0 Å². The van der Waals surface area contributed by atoms with Gasteiger partial charge in [0.15, 0.2) is 4.77 Å². The van der Waals surface area contributed by atoms with Crippen LogP contribution in [0.4, 0.5) is 5.69 Å². The van der Waals surface area contributed by atoms with Gasteiger partial charge in [-0.3, -0.25) is 9.36 Å². The van der Waals surface area contributed by atoms with Crippen molar-refractivity contribution in [1.82, 2.24) is 9.55 Å². The Morgan fingerprint density at radius 2 is 1.85 bits per heavy atom. The highest BCUT2D eigenvalue weighted by Gasteiger charge is 2.15. The molecule has 1 aromatic heterocycles. The predicted molar refractivity (Wildman–Crippen MR) is 107 cm³/mol. The quantitative estimate of drug-likeness (QED) is 0.713. The lowest BCUT2D eigenvalue weighted by Gasteiger charge is -2.29. The molecule has 3 heterocycles. The fourth-order valence-electron chi connectivity index (χ4n) is 3.86. The fraction of sp³-hybridized carbons (Fsp3) is 0.579. The van der Waals surface area contributed by atoms with Crippen LogP contribution in [0.3, 0.4) is 0 Å². The number of rotatable bonds is 5. The van der Waals surface area contributed by atoms with Crippen LogP contribution in [0.25, 0.3) is 10.9 Å². The van der Waals surface area contributed by atoms with E-state index in [9.17, 15) is 4.79 Å². The summed E-state index contributed by atoms with van der Waals surface area (Å²) in [5.41, 5.74) is 1.87. The summed E-state index contributed by atoms with van der Waals surface area (Å²) < 4.78 is 13.0. The zero-order chi connectivity index (χ0) is 18.6. The zero-order valence-electron chi connectivity index (χ0n) is 15.5. The first-order chi connectivity index (χ1) is 13.2. The summed E-state index contributed by atoms with van der Waals surface area (Å²) in [6, 6.07) is 5.99. The van der Waals surface area contributed by atoms with Crippen LogP contribution >= 0.6 is 12.2 Å². The minimum absolute atomic E-state index is 0.000775. The second-order valence-electron chi connectivity index (χ2n) is 7.18. The number of hydrogen-bond donors (Lipinski definition) is 2. The van der Waals surface area contributed by atoms with Gasteiger partial charge in [0.2, 0.25) is 0 Å². The van der Waals surface area contributed by atoms with Crippen molar-refractivity contribution in [3.8, 4) is 0 Å². The Kier molecular flexibility index (Phi) is 5.87. The van der Waals surface area contributed by atoms with Crippen LogP contribution in [0.1, 0.15) is 6.42 Å². The van der Waals surface area contributed by atoms with Gasteiger partial charge in [-0.2, -0.15) is 0 Å². The van der Waals surface area contributed by atoms with E-state index in [1.807, 2.05) is 18.2 Å². The highest BCUT2D eigenvalue weighted by molar-refractivity contribution is 7.71. The largest absolute Gasteiger partial charge is 0.378 e. The van der Waals surface area contributed by atoms with Gasteiger partial charge in [-0.1, -0.05) is 0 Å². The van der Waals surface area contributed by atoms with Crippen molar-refractivity contribution in [2.45, 2.75) is 13.0 Å². The normalized spacial score (nSPS) is 18.9. The van der Waals surface area contributed by atoms with Crippen molar-refractivity contribution in [2.75, 3.05) is 64.1 Å². The van der Waals surface area contributed by atoms with Crippen LogP contribution in [0, 0.1) is 4.77 Å². The van der Waals surface area contributed by atoms with E-state index in [0.29, 0.717) is 16.7 Å². The molecule has 0 saturated carbocycles. The maximum absolute atomic E-state index is 13.1. The van der Waals surface area contributed by atoms with Gasteiger partial charge in [0, 0.05) is 31.7 Å². The summed E-state index contributed by atoms with van der Waals surface area (Å²) in [6.45, 7) is 8.59. The van der Waals surface area contributed by atoms with E-state index in [1.54, 1.807) is 9.47 Å². The Bertz CT molecular complexity index is 898. The smallest absolute Gasteiger partial charge is 0.262 e. The van der Waals surface area contributed by atoms with Gasteiger partial charge in [-0.25, -0.2) is 0 Å². The lowest BCUT2D eigenvalue weighted by atomic mass is 10.2. The fourth-order valence-corrected chi connectivity index (χ4v) is 4.14. The maximum Gasteiger partial charge on any atom is 0.262 e. The Balaban J connectivity index is 1.54. The SMILES string of the molecule is O=c1c2cc(N3CCOCC3)ccc2[nH]c(=S)n1CCC[NH+]1CCOCC1. The molecule has 0 amide bonds. The summed E-state index contributed by atoms with van der Waals surface area (Å²) in [6.07, 6.45) is 0.932. The number of nitrogens with one attached hydrogen (secondary N) is 2. The molecule has 0 bridgehead atoms. The first-order valence-corrected chi connectivity index (χ1v) is 10.1. The van der Waals surface area contributed by atoms with E-state index < -0.39 is 0 Å². The number of aromatic nitrogens is 2. The Hall–Kier alpha value is -1.74. The standard InChI is InChI=1S/C19H26N4O3S/c24-18-16-14-15(22-8-12-26-13-9-22)2-3-17(16)20-19(27)23(18)5-1-4-21-6-10-25-11-7-21/h2-3,14H,1,4-13H2,(H,20,27)/p+1. The van der Waals surface area contributed by atoms with E-state index >= 15 is 0 Å². The molecule has 7 nitrogen and oxygen atoms in total. The zero-order valence-corrected chi connectivity index (χ0v) is 16.4. The van der Waals surface area contributed by atoms with Gasteiger partial charge in [-0.05, 0) is 30.4 Å². The van der Waals surface area contributed by atoms with Crippen LogP contribution in [-0.4, -0.2) is 68.7 Å². The highest BCUT2D eigenvalue weighted by atomic mass is 32.1. The molecular formula is C19H27N4O3S+. The number of ether oxygens (including phenoxy) is 2. The van der Waals surface area contributed by atoms with Crippen molar-refractivity contribution in [3.05, 3.63) is 33.3 Å². The summed E-state index contributed by atoms with van der Waals surface area (Å²) >= 11 is 5.45. The molecule has 2 fully saturated rings. The molecule has 0 atom stereocenters. The number of morpholine rings is 2. The minimum Gasteiger partial charge on any atom is -0.378 e. The van der Waals surface area contributed by atoms with E-state index in [2.05, 4.69) is 9.88 Å². The van der Waals surface area contributed by atoms with Crippen LogP contribution in [-0.2, 0) is 16.0 Å². The first kappa shape index (κ1) is 18.6. The summed E-state index contributed by atoms with van der Waals surface area (Å²) in [5, 5.41) is 0.700. The third-order valence-corrected chi connectivity index (χ3v) is 5.78. The molecule has 146 valence electrons. The average Bonchev–Trinajstić information content (AvgIpc) is 2.72. The maximum atomic E-state index is 13.1. The average molecular weight is 392 g/mol. The minimum atomic E-state index is 0.000775. The number of H-pyrrole nitrogens is 1. The molecule has 0 spiro atoms. The lowest BCUT2D eigenvalue weighted by Crippen LogP contribution is -3.14. The van der Waals surface area contributed by atoms with Crippen molar-refractivity contribution < 1.29 is 14.4 Å². The number of fused-ring (bicyclic) bond motifs is 1. The van der Waals surface area contributed by atoms with Crippen molar-refractivity contribution in [3.63, 3.8) is 0 Å². The van der Waals surface area contributed by atoms with Gasteiger partial charge < -0.3 is 24.3 Å². The monoisotopic (exact) mass is 391 g/mol. The first-order valence-electron chi connectivity index (χ1n) is 9.73. The van der Waals surface area contributed by atoms with Gasteiger partial charge in [0.05, 0.1) is 43.9 Å². The van der Waals surface area contributed by atoms with Crippen molar-refractivity contribution >= 4 is 28.8 Å². The van der Waals surface area contributed by atoms with Crippen LogP contribution < -0.4 is 15.4 Å². The summed E-state index contributed by atoms with van der Waals surface area (Å²) in [7, 11) is 0. The number of anilines is 1.